The number of nitrogens with zero attached hydrogens (tertiary/aromatic N) is 3. The maximum atomic E-state index is 12.7. The molecule has 6 nitrogen and oxygen atoms in total. The van der Waals surface area contributed by atoms with Gasteiger partial charge in [0.1, 0.15) is 19.0 Å². The Bertz CT molecular complexity index is 883. The van der Waals surface area contributed by atoms with Gasteiger partial charge < -0.3 is 15.0 Å². The summed E-state index contributed by atoms with van der Waals surface area (Å²) in [6.07, 6.45) is 2.21. The number of para-hydroxylation sites is 1. The first-order chi connectivity index (χ1) is 13.1. The van der Waals surface area contributed by atoms with Gasteiger partial charge in [-0.15, -0.1) is 10.2 Å². The number of hydrogen-bond acceptors (Lipinski definition) is 4. The van der Waals surface area contributed by atoms with Gasteiger partial charge in [0.25, 0.3) is 0 Å². The summed E-state index contributed by atoms with van der Waals surface area (Å²) < 4.78 is 1.58. The predicted molar refractivity (Wildman–Crippen MR) is 104 cm³/mol. The van der Waals surface area contributed by atoms with Crippen molar-refractivity contribution in [3.8, 4) is 0 Å². The average Bonchev–Trinajstić information content (AvgIpc) is 3.16. The molecule has 6 heteroatoms. The highest BCUT2D eigenvalue weighted by atomic mass is 16.3. The maximum absolute atomic E-state index is 12.7. The fourth-order valence-corrected chi connectivity index (χ4v) is 3.12. The Hall–Kier alpha value is -2.99. The highest BCUT2D eigenvalue weighted by Gasteiger charge is 2.19. The normalized spacial score (nSPS) is 12.0. The number of rotatable bonds is 7. The third kappa shape index (κ3) is 4.23. The summed E-state index contributed by atoms with van der Waals surface area (Å²) in [7, 11) is 0. The molecule has 1 atom stereocenters. The summed E-state index contributed by atoms with van der Waals surface area (Å²) in [6, 6.07) is 15.3. The van der Waals surface area contributed by atoms with E-state index in [1.807, 2.05) is 48.5 Å². The number of aromatic nitrogens is 3. The molecule has 0 unspecified atom stereocenters. The molecule has 0 saturated heterocycles. The quantitative estimate of drug-likeness (QED) is 0.675. The van der Waals surface area contributed by atoms with E-state index in [0.29, 0.717) is 11.4 Å². The molecule has 0 aliphatic carbocycles. The first-order valence-electron chi connectivity index (χ1n) is 9.15. The Morgan fingerprint density at radius 2 is 1.74 bits per heavy atom. The monoisotopic (exact) mass is 364 g/mol. The number of hydrogen-bond donors (Lipinski definition) is 2. The second-order valence-corrected chi connectivity index (χ2v) is 6.34. The van der Waals surface area contributed by atoms with E-state index in [4.69, 9.17) is 0 Å². The number of aryl methyl sites for hydroxylation is 2. The molecule has 2 aromatic carbocycles. The van der Waals surface area contributed by atoms with Gasteiger partial charge in [0.15, 0.2) is 5.82 Å². The molecular weight excluding hydrogens is 340 g/mol. The van der Waals surface area contributed by atoms with Crippen molar-refractivity contribution < 1.29 is 9.90 Å². The zero-order valence-electron chi connectivity index (χ0n) is 15.6. The molecule has 0 aliphatic rings. The molecule has 1 amide bonds. The van der Waals surface area contributed by atoms with Gasteiger partial charge in [-0.05, 0) is 29.5 Å². The van der Waals surface area contributed by atoms with Gasteiger partial charge in [0.05, 0.1) is 0 Å². The second kappa shape index (κ2) is 8.60. The van der Waals surface area contributed by atoms with Gasteiger partial charge in [-0.2, -0.15) is 0 Å². The van der Waals surface area contributed by atoms with Gasteiger partial charge in [-0.1, -0.05) is 62.4 Å². The Labute approximate surface area is 158 Å². The van der Waals surface area contributed by atoms with Crippen LogP contribution >= 0.6 is 0 Å². The largest absolute Gasteiger partial charge is 0.380 e. The molecule has 0 fully saturated rings. The Kier molecular flexibility index (Phi) is 5.98. The van der Waals surface area contributed by atoms with Crippen molar-refractivity contribution in [3.63, 3.8) is 0 Å². The van der Waals surface area contributed by atoms with Crippen LogP contribution in [0.25, 0.3) is 0 Å². The van der Waals surface area contributed by atoms with Crippen LogP contribution in [-0.2, 0) is 24.2 Å². The molecule has 2 N–H and O–H groups in total. The van der Waals surface area contributed by atoms with Crippen LogP contribution in [0.4, 0.5) is 5.69 Å². The van der Waals surface area contributed by atoms with E-state index in [-0.39, 0.29) is 12.5 Å². The topological polar surface area (TPSA) is 80.0 Å². The summed E-state index contributed by atoms with van der Waals surface area (Å²) in [5, 5.41) is 21.5. The van der Waals surface area contributed by atoms with Crippen LogP contribution in [0.5, 0.6) is 0 Å². The fourth-order valence-electron chi connectivity index (χ4n) is 3.12. The SMILES string of the molecule is CCc1cccc(CC)c1NC(=O)Cn1cnnc1[C@H](O)c1ccccc1. The minimum Gasteiger partial charge on any atom is -0.380 e. The fraction of sp³-hybridized carbons (Fsp3) is 0.286. The van der Waals surface area contributed by atoms with Gasteiger partial charge in [-0.3, -0.25) is 4.79 Å². The van der Waals surface area contributed by atoms with Crippen molar-refractivity contribution in [1.29, 1.82) is 0 Å². The van der Waals surface area contributed by atoms with E-state index in [2.05, 4.69) is 29.4 Å². The van der Waals surface area contributed by atoms with Crippen LogP contribution < -0.4 is 5.32 Å². The maximum Gasteiger partial charge on any atom is 0.244 e. The van der Waals surface area contributed by atoms with Crippen molar-refractivity contribution >= 4 is 11.6 Å². The highest BCUT2D eigenvalue weighted by Crippen LogP contribution is 2.23. The van der Waals surface area contributed by atoms with Crippen LogP contribution in [0.2, 0.25) is 0 Å². The summed E-state index contributed by atoms with van der Waals surface area (Å²) in [5.41, 5.74) is 3.80. The third-order valence-electron chi connectivity index (χ3n) is 4.58. The van der Waals surface area contributed by atoms with Crippen LogP contribution in [0.1, 0.15) is 42.5 Å². The minimum absolute atomic E-state index is 0.0351. The Morgan fingerprint density at radius 3 is 2.37 bits per heavy atom. The molecule has 27 heavy (non-hydrogen) atoms. The van der Waals surface area contributed by atoms with Gasteiger partial charge in [0, 0.05) is 5.69 Å². The molecule has 140 valence electrons. The van der Waals surface area contributed by atoms with E-state index in [1.54, 1.807) is 4.57 Å². The summed E-state index contributed by atoms with van der Waals surface area (Å²) in [6.45, 7) is 4.17. The van der Waals surface area contributed by atoms with Gasteiger partial charge in [-0.25, -0.2) is 0 Å². The first-order valence-corrected chi connectivity index (χ1v) is 9.15. The first kappa shape index (κ1) is 18.8. The summed E-state index contributed by atoms with van der Waals surface area (Å²) >= 11 is 0. The summed E-state index contributed by atoms with van der Waals surface area (Å²) in [4.78, 5) is 12.7. The molecule has 0 radical (unpaired) electrons. The molecule has 3 rings (SSSR count). The number of nitrogens with one attached hydrogen (secondary N) is 1. The minimum atomic E-state index is -0.935. The van der Waals surface area contributed by atoms with Crippen molar-refractivity contribution in [2.24, 2.45) is 0 Å². The lowest BCUT2D eigenvalue weighted by Crippen LogP contribution is -2.22. The van der Waals surface area contributed by atoms with Crippen molar-refractivity contribution in [2.75, 3.05) is 5.32 Å². The molecular formula is C21H24N4O2. The van der Waals surface area contributed by atoms with E-state index >= 15 is 0 Å². The second-order valence-electron chi connectivity index (χ2n) is 6.34. The lowest BCUT2D eigenvalue weighted by atomic mass is 10.0. The Morgan fingerprint density at radius 1 is 1.07 bits per heavy atom. The standard InChI is InChI=1S/C21H24N4O2/c1-3-15-11-8-12-16(4-2)19(15)23-18(26)13-25-14-22-24-21(25)20(27)17-9-6-5-7-10-17/h5-12,14,20,27H,3-4,13H2,1-2H3,(H,23,26)/t20-/m1/s1. The average molecular weight is 364 g/mol. The molecule has 0 saturated carbocycles. The lowest BCUT2D eigenvalue weighted by molar-refractivity contribution is -0.116. The molecule has 0 spiro atoms. The number of benzene rings is 2. The predicted octanol–water partition coefficient (Wildman–Crippen LogP) is 3.12. The van der Waals surface area contributed by atoms with Crippen molar-refractivity contribution in [1.82, 2.24) is 14.8 Å². The number of carbonyl (C=O) groups excluding carboxylic acids is 1. The van der Waals surface area contributed by atoms with Crippen LogP contribution in [-0.4, -0.2) is 25.8 Å². The number of amides is 1. The van der Waals surface area contributed by atoms with Gasteiger partial charge in [0.2, 0.25) is 5.91 Å². The van der Waals surface area contributed by atoms with Crippen molar-refractivity contribution in [2.45, 2.75) is 39.3 Å². The number of carbonyl (C=O) groups is 1. The van der Waals surface area contributed by atoms with Crippen LogP contribution in [0.3, 0.4) is 0 Å². The number of aliphatic hydroxyl groups is 1. The van der Waals surface area contributed by atoms with Crippen LogP contribution in [0, 0.1) is 0 Å². The Balaban J connectivity index is 1.78. The number of anilines is 1. The number of aliphatic hydroxyl groups excluding tert-OH is 1. The van der Waals surface area contributed by atoms with Crippen molar-refractivity contribution in [3.05, 3.63) is 77.4 Å². The zero-order valence-corrected chi connectivity index (χ0v) is 15.6. The molecule has 0 bridgehead atoms. The van der Waals surface area contributed by atoms with E-state index < -0.39 is 6.10 Å². The van der Waals surface area contributed by atoms with E-state index in [9.17, 15) is 9.90 Å². The smallest absolute Gasteiger partial charge is 0.244 e. The molecule has 1 aromatic heterocycles. The zero-order chi connectivity index (χ0) is 19.2. The van der Waals surface area contributed by atoms with Crippen LogP contribution in [0.15, 0.2) is 54.9 Å². The molecule has 0 aliphatic heterocycles. The third-order valence-corrected chi connectivity index (χ3v) is 4.58. The van der Waals surface area contributed by atoms with E-state index in [1.165, 1.54) is 6.33 Å². The molecule has 3 aromatic rings. The lowest BCUT2D eigenvalue weighted by Gasteiger charge is -2.16. The van der Waals surface area contributed by atoms with Gasteiger partial charge >= 0.3 is 0 Å². The van der Waals surface area contributed by atoms with E-state index in [0.717, 1.165) is 29.7 Å². The summed E-state index contributed by atoms with van der Waals surface area (Å²) in [5.74, 6) is 0.169. The molecule has 1 heterocycles. The highest BCUT2D eigenvalue weighted by molar-refractivity contribution is 5.92.